The number of fused-ring (bicyclic) bond motifs is 1. The molecule has 4 rings (SSSR count). The minimum atomic E-state index is -0.154. The topological polar surface area (TPSA) is 52.7 Å². The normalized spacial score (nSPS) is 15.3. The molecule has 1 aliphatic rings. The van der Waals surface area contributed by atoms with Gasteiger partial charge in [0.25, 0.3) is 11.8 Å². The molecule has 6 heteroatoms. The maximum Gasteiger partial charge on any atom is 0.258 e. The van der Waals surface area contributed by atoms with Crippen LogP contribution in [0.3, 0.4) is 0 Å². The number of aryl methyl sites for hydroxylation is 1. The first kappa shape index (κ1) is 24.5. The van der Waals surface area contributed by atoms with E-state index in [9.17, 15) is 9.59 Å². The number of halogens is 1. The van der Waals surface area contributed by atoms with Gasteiger partial charge in [0.1, 0.15) is 0 Å². The SMILES string of the molecule is Cc1ccccc1C(=O)Nc1ccc(C(=O)N2CCC[C@@H](N(C)C)c3ccccc32)cc1.Cl. The number of benzene rings is 3. The molecule has 3 aromatic rings. The van der Waals surface area contributed by atoms with Crippen LogP contribution in [0.25, 0.3) is 0 Å². The lowest BCUT2D eigenvalue weighted by Gasteiger charge is -2.27. The van der Waals surface area contributed by atoms with Gasteiger partial charge in [-0.2, -0.15) is 0 Å². The molecule has 0 aliphatic carbocycles. The molecular formula is C27H30ClN3O2. The molecule has 0 fully saturated rings. The van der Waals surface area contributed by atoms with Crippen LogP contribution in [0.15, 0.2) is 72.8 Å². The first-order valence-electron chi connectivity index (χ1n) is 11.0. The summed E-state index contributed by atoms with van der Waals surface area (Å²) in [5.74, 6) is -0.174. The third kappa shape index (κ3) is 5.27. The van der Waals surface area contributed by atoms with Crippen LogP contribution < -0.4 is 10.2 Å². The van der Waals surface area contributed by atoms with Crippen molar-refractivity contribution in [1.82, 2.24) is 4.90 Å². The number of anilines is 2. The number of carbonyl (C=O) groups is 2. The van der Waals surface area contributed by atoms with Crippen molar-refractivity contribution in [2.75, 3.05) is 30.9 Å². The van der Waals surface area contributed by atoms with E-state index in [1.165, 1.54) is 5.56 Å². The Balaban J connectivity index is 0.00000306. The Morgan fingerprint density at radius 1 is 0.939 bits per heavy atom. The zero-order chi connectivity index (χ0) is 22.7. The summed E-state index contributed by atoms with van der Waals surface area (Å²) in [4.78, 5) is 30.1. The van der Waals surface area contributed by atoms with Gasteiger partial charge in [0.2, 0.25) is 0 Å². The highest BCUT2D eigenvalue weighted by molar-refractivity contribution is 6.08. The van der Waals surface area contributed by atoms with Gasteiger partial charge in [-0.3, -0.25) is 9.59 Å². The van der Waals surface area contributed by atoms with Crippen molar-refractivity contribution >= 4 is 35.6 Å². The molecule has 1 N–H and O–H groups in total. The highest BCUT2D eigenvalue weighted by atomic mass is 35.5. The molecule has 0 saturated carbocycles. The first-order valence-corrected chi connectivity index (χ1v) is 11.0. The zero-order valence-corrected chi connectivity index (χ0v) is 20.1. The molecule has 0 radical (unpaired) electrons. The Morgan fingerprint density at radius 3 is 2.30 bits per heavy atom. The standard InChI is InChI=1S/C27H29N3O2.ClH/c1-19-9-4-5-10-22(19)26(31)28-21-16-14-20(15-17-21)27(32)30-18-8-13-24(29(2)3)23-11-6-7-12-25(23)30;/h4-7,9-12,14-17,24H,8,13,18H2,1-3H3,(H,28,31);1H/t24-;/m1./s1. The summed E-state index contributed by atoms with van der Waals surface area (Å²) in [5.41, 5.74) is 5.00. The summed E-state index contributed by atoms with van der Waals surface area (Å²) in [6.07, 6.45) is 1.95. The molecule has 1 atom stereocenters. The lowest BCUT2D eigenvalue weighted by Crippen LogP contribution is -2.31. The summed E-state index contributed by atoms with van der Waals surface area (Å²) in [6.45, 7) is 2.60. The van der Waals surface area contributed by atoms with E-state index in [4.69, 9.17) is 0 Å². The van der Waals surface area contributed by atoms with E-state index in [1.807, 2.05) is 48.2 Å². The van der Waals surface area contributed by atoms with Crippen molar-refractivity contribution in [2.24, 2.45) is 0 Å². The molecule has 3 aromatic carbocycles. The van der Waals surface area contributed by atoms with Crippen molar-refractivity contribution in [3.05, 3.63) is 95.1 Å². The number of para-hydroxylation sites is 1. The molecule has 0 saturated heterocycles. The molecule has 1 aliphatic heterocycles. The molecule has 5 nitrogen and oxygen atoms in total. The second kappa shape index (κ2) is 10.6. The van der Waals surface area contributed by atoms with E-state index in [0.717, 1.165) is 24.1 Å². The number of carbonyl (C=O) groups excluding carboxylic acids is 2. The number of nitrogens with zero attached hydrogens (tertiary/aromatic N) is 2. The van der Waals surface area contributed by atoms with Gasteiger partial charge >= 0.3 is 0 Å². The predicted molar refractivity (Wildman–Crippen MR) is 137 cm³/mol. The first-order chi connectivity index (χ1) is 15.5. The van der Waals surface area contributed by atoms with Crippen molar-refractivity contribution in [2.45, 2.75) is 25.8 Å². The second-order valence-electron chi connectivity index (χ2n) is 8.48. The minimum Gasteiger partial charge on any atom is -0.322 e. The third-order valence-electron chi connectivity index (χ3n) is 6.09. The molecule has 33 heavy (non-hydrogen) atoms. The number of hydrogen-bond acceptors (Lipinski definition) is 3. The fraction of sp³-hybridized carbons (Fsp3) is 0.259. The van der Waals surface area contributed by atoms with Crippen molar-refractivity contribution < 1.29 is 9.59 Å². The summed E-state index contributed by atoms with van der Waals surface area (Å²) >= 11 is 0. The highest BCUT2D eigenvalue weighted by Gasteiger charge is 2.27. The van der Waals surface area contributed by atoms with Crippen LogP contribution >= 0.6 is 12.4 Å². The van der Waals surface area contributed by atoms with Gasteiger partial charge in [-0.15, -0.1) is 12.4 Å². The fourth-order valence-corrected chi connectivity index (χ4v) is 4.36. The van der Waals surface area contributed by atoms with E-state index >= 15 is 0 Å². The van der Waals surface area contributed by atoms with Crippen LogP contribution in [-0.2, 0) is 0 Å². The monoisotopic (exact) mass is 463 g/mol. The van der Waals surface area contributed by atoms with Gasteiger partial charge < -0.3 is 15.1 Å². The van der Waals surface area contributed by atoms with Crippen molar-refractivity contribution in [1.29, 1.82) is 0 Å². The fourth-order valence-electron chi connectivity index (χ4n) is 4.36. The van der Waals surface area contributed by atoms with Crippen molar-refractivity contribution in [3.63, 3.8) is 0 Å². The number of amides is 2. The van der Waals surface area contributed by atoms with E-state index < -0.39 is 0 Å². The zero-order valence-electron chi connectivity index (χ0n) is 19.2. The Kier molecular flexibility index (Phi) is 7.90. The van der Waals surface area contributed by atoms with Gasteiger partial charge in [0.05, 0.1) is 0 Å². The smallest absolute Gasteiger partial charge is 0.258 e. The van der Waals surface area contributed by atoms with Gasteiger partial charge in [-0.25, -0.2) is 0 Å². The van der Waals surface area contributed by atoms with Crippen LogP contribution in [0.5, 0.6) is 0 Å². The lowest BCUT2D eigenvalue weighted by atomic mass is 10.0. The van der Waals surface area contributed by atoms with Crippen LogP contribution in [0.2, 0.25) is 0 Å². The molecule has 1 heterocycles. The molecule has 0 spiro atoms. The third-order valence-corrected chi connectivity index (χ3v) is 6.09. The van der Waals surface area contributed by atoms with E-state index in [1.54, 1.807) is 30.3 Å². The second-order valence-corrected chi connectivity index (χ2v) is 8.48. The molecule has 0 aromatic heterocycles. The Hall–Kier alpha value is -3.15. The maximum absolute atomic E-state index is 13.4. The average Bonchev–Trinajstić information content (AvgIpc) is 2.99. The summed E-state index contributed by atoms with van der Waals surface area (Å²) < 4.78 is 0. The van der Waals surface area contributed by atoms with Crippen LogP contribution in [-0.4, -0.2) is 37.4 Å². The van der Waals surface area contributed by atoms with Crippen molar-refractivity contribution in [3.8, 4) is 0 Å². The Bertz CT molecular complexity index is 1130. The van der Waals surface area contributed by atoms with Gasteiger partial charge in [0, 0.05) is 35.1 Å². The van der Waals surface area contributed by atoms with E-state index in [2.05, 4.69) is 30.4 Å². The largest absolute Gasteiger partial charge is 0.322 e. The Labute approximate surface area is 201 Å². The summed E-state index contributed by atoms with van der Waals surface area (Å²) in [5, 5.41) is 2.92. The van der Waals surface area contributed by atoms with Gasteiger partial charge in [0.15, 0.2) is 0 Å². The average molecular weight is 464 g/mol. The number of nitrogens with one attached hydrogen (secondary N) is 1. The number of rotatable bonds is 4. The van der Waals surface area contributed by atoms with Crippen LogP contribution in [0, 0.1) is 6.92 Å². The lowest BCUT2D eigenvalue weighted by molar-refractivity contribution is 0.0985. The van der Waals surface area contributed by atoms with E-state index in [-0.39, 0.29) is 24.2 Å². The minimum absolute atomic E-state index is 0. The molecule has 172 valence electrons. The highest BCUT2D eigenvalue weighted by Crippen LogP contribution is 2.36. The molecular weight excluding hydrogens is 434 g/mol. The van der Waals surface area contributed by atoms with Crippen LogP contribution in [0.4, 0.5) is 11.4 Å². The maximum atomic E-state index is 13.4. The quantitative estimate of drug-likeness (QED) is 0.539. The summed E-state index contributed by atoms with van der Waals surface area (Å²) in [6, 6.07) is 23.1. The van der Waals surface area contributed by atoms with E-state index in [0.29, 0.717) is 29.4 Å². The van der Waals surface area contributed by atoms with Crippen LogP contribution in [0.1, 0.15) is 50.7 Å². The molecule has 0 unspecified atom stereocenters. The Morgan fingerprint density at radius 2 is 1.61 bits per heavy atom. The van der Waals surface area contributed by atoms with Gasteiger partial charge in [-0.1, -0.05) is 36.4 Å². The molecule has 0 bridgehead atoms. The number of hydrogen-bond donors (Lipinski definition) is 1. The predicted octanol–water partition coefficient (Wildman–Crippen LogP) is 5.71. The summed E-state index contributed by atoms with van der Waals surface area (Å²) in [7, 11) is 4.17. The molecule has 2 amide bonds. The van der Waals surface area contributed by atoms with Gasteiger partial charge in [-0.05, 0) is 81.4 Å².